The predicted octanol–water partition coefficient (Wildman–Crippen LogP) is 2.61. The van der Waals surface area contributed by atoms with Crippen LogP contribution in [0.4, 0.5) is 5.69 Å². The largest absolute Gasteiger partial charge is 0.374 e. The highest BCUT2D eigenvalue weighted by Crippen LogP contribution is 2.26. The fourth-order valence-electron chi connectivity index (χ4n) is 2.27. The summed E-state index contributed by atoms with van der Waals surface area (Å²) in [7, 11) is 0. The van der Waals surface area contributed by atoms with Gasteiger partial charge < -0.3 is 5.32 Å². The average molecular weight is 238 g/mol. The van der Waals surface area contributed by atoms with Crippen molar-refractivity contribution in [2.24, 2.45) is 0 Å². The zero-order valence-corrected chi connectivity index (χ0v) is 10.2. The fraction of sp³-hybridized carbons (Fsp3) is 0.200. The van der Waals surface area contributed by atoms with Crippen molar-refractivity contribution < 1.29 is 4.79 Å². The van der Waals surface area contributed by atoms with Gasteiger partial charge in [0.25, 0.3) is 0 Å². The van der Waals surface area contributed by atoms with Crippen LogP contribution in [0.2, 0.25) is 0 Å². The van der Waals surface area contributed by atoms with E-state index in [-0.39, 0.29) is 11.8 Å². The Balaban J connectivity index is 1.82. The van der Waals surface area contributed by atoms with Crippen LogP contribution in [0.15, 0.2) is 42.6 Å². The minimum atomic E-state index is -0.160. The first-order valence-corrected chi connectivity index (χ1v) is 6.05. The number of carbonyl (C=O) groups is 1. The van der Waals surface area contributed by atoms with E-state index in [1.165, 1.54) is 5.56 Å². The molecule has 0 spiro atoms. The van der Waals surface area contributed by atoms with Gasteiger partial charge in [0.15, 0.2) is 5.78 Å². The summed E-state index contributed by atoms with van der Waals surface area (Å²) in [5.74, 6) is 0.110. The summed E-state index contributed by atoms with van der Waals surface area (Å²) >= 11 is 0. The number of para-hydroxylation sites is 1. The maximum atomic E-state index is 12.3. The van der Waals surface area contributed by atoms with E-state index in [2.05, 4.69) is 16.4 Å². The van der Waals surface area contributed by atoms with Gasteiger partial charge in [0.1, 0.15) is 0 Å². The molecule has 1 unspecified atom stereocenters. The van der Waals surface area contributed by atoms with Crippen molar-refractivity contribution in [1.82, 2.24) is 4.98 Å². The molecule has 0 saturated heterocycles. The van der Waals surface area contributed by atoms with Crippen molar-refractivity contribution in [1.29, 1.82) is 0 Å². The van der Waals surface area contributed by atoms with Gasteiger partial charge in [-0.2, -0.15) is 0 Å². The number of anilines is 1. The minimum Gasteiger partial charge on any atom is -0.374 e. The molecule has 1 aromatic carbocycles. The van der Waals surface area contributed by atoms with Gasteiger partial charge in [0.2, 0.25) is 0 Å². The van der Waals surface area contributed by atoms with Gasteiger partial charge in [-0.25, -0.2) is 0 Å². The van der Waals surface area contributed by atoms with E-state index in [1.54, 1.807) is 6.20 Å². The quantitative estimate of drug-likeness (QED) is 0.818. The molecule has 0 aliphatic carbocycles. The van der Waals surface area contributed by atoms with Gasteiger partial charge in [0.05, 0.1) is 6.04 Å². The number of rotatable bonds is 2. The maximum Gasteiger partial charge on any atom is 0.186 e. The lowest BCUT2D eigenvalue weighted by molar-refractivity contribution is 0.0971. The number of hydrogen-bond donors (Lipinski definition) is 1. The summed E-state index contributed by atoms with van der Waals surface area (Å²) in [4.78, 5) is 16.5. The molecular formula is C15H14N2O. The molecule has 3 rings (SSSR count). The Labute approximate surface area is 106 Å². The van der Waals surface area contributed by atoms with Crippen LogP contribution in [0, 0.1) is 6.92 Å². The summed E-state index contributed by atoms with van der Waals surface area (Å²) in [5, 5.41) is 3.27. The second kappa shape index (κ2) is 4.26. The van der Waals surface area contributed by atoms with Gasteiger partial charge in [-0.05, 0) is 30.7 Å². The molecule has 1 aromatic heterocycles. The summed E-state index contributed by atoms with van der Waals surface area (Å²) < 4.78 is 0. The van der Waals surface area contributed by atoms with Gasteiger partial charge in [-0.3, -0.25) is 9.78 Å². The molecule has 18 heavy (non-hydrogen) atoms. The molecule has 1 atom stereocenters. The third-order valence-electron chi connectivity index (χ3n) is 3.28. The van der Waals surface area contributed by atoms with Crippen LogP contribution >= 0.6 is 0 Å². The fourth-order valence-corrected chi connectivity index (χ4v) is 2.27. The Kier molecular flexibility index (Phi) is 2.59. The Hall–Kier alpha value is -2.16. The first-order chi connectivity index (χ1) is 8.74. The van der Waals surface area contributed by atoms with Crippen molar-refractivity contribution in [2.45, 2.75) is 19.4 Å². The van der Waals surface area contributed by atoms with Crippen molar-refractivity contribution in [2.75, 3.05) is 5.32 Å². The Morgan fingerprint density at radius 2 is 2.11 bits per heavy atom. The lowest BCUT2D eigenvalue weighted by Crippen LogP contribution is -2.27. The van der Waals surface area contributed by atoms with Crippen LogP contribution in [0.25, 0.3) is 0 Å². The second-order valence-electron chi connectivity index (χ2n) is 4.61. The number of pyridine rings is 1. The lowest BCUT2D eigenvalue weighted by Gasteiger charge is -2.09. The van der Waals surface area contributed by atoms with E-state index in [0.717, 1.165) is 17.8 Å². The van der Waals surface area contributed by atoms with E-state index in [1.807, 2.05) is 37.3 Å². The molecule has 2 aromatic rings. The van der Waals surface area contributed by atoms with Gasteiger partial charge >= 0.3 is 0 Å². The molecule has 0 radical (unpaired) electrons. The Bertz CT molecular complexity index is 565. The standard InChI is InChI=1S/C15H14N2O/c1-10-6-7-12(9-16-10)15(18)14-8-11-4-2-3-5-13(11)17-14/h2-7,9,14,17H,8H2,1H3. The molecule has 2 heterocycles. The summed E-state index contributed by atoms with van der Waals surface area (Å²) in [6.45, 7) is 1.91. The molecule has 1 aliphatic rings. The van der Waals surface area contributed by atoms with E-state index >= 15 is 0 Å². The molecule has 0 bridgehead atoms. The van der Waals surface area contributed by atoms with Crippen LogP contribution in [-0.4, -0.2) is 16.8 Å². The number of aromatic nitrogens is 1. The van der Waals surface area contributed by atoms with E-state index in [0.29, 0.717) is 5.56 Å². The van der Waals surface area contributed by atoms with Crippen LogP contribution in [-0.2, 0) is 6.42 Å². The van der Waals surface area contributed by atoms with E-state index in [9.17, 15) is 4.79 Å². The average Bonchev–Trinajstić information content (AvgIpc) is 2.82. The van der Waals surface area contributed by atoms with Gasteiger partial charge in [0, 0.05) is 29.6 Å². The number of Topliss-reactive ketones (excluding diaryl/α,β-unsaturated/α-hetero) is 1. The van der Waals surface area contributed by atoms with E-state index < -0.39 is 0 Å². The molecule has 0 amide bonds. The highest BCUT2D eigenvalue weighted by Gasteiger charge is 2.27. The summed E-state index contributed by atoms with van der Waals surface area (Å²) in [6.07, 6.45) is 2.41. The number of nitrogens with one attached hydrogen (secondary N) is 1. The molecular weight excluding hydrogens is 224 g/mol. The summed E-state index contributed by atoms with van der Waals surface area (Å²) in [6, 6.07) is 11.6. The SMILES string of the molecule is Cc1ccc(C(=O)C2Cc3ccccc3N2)cn1. The van der Waals surface area contributed by atoms with E-state index in [4.69, 9.17) is 0 Å². The van der Waals surface area contributed by atoms with Crippen LogP contribution in [0.1, 0.15) is 21.6 Å². The number of carbonyl (C=O) groups excluding carboxylic acids is 1. The Morgan fingerprint density at radius 3 is 2.83 bits per heavy atom. The smallest absolute Gasteiger partial charge is 0.186 e. The van der Waals surface area contributed by atoms with Crippen LogP contribution in [0.3, 0.4) is 0 Å². The molecule has 0 saturated carbocycles. The molecule has 3 heteroatoms. The molecule has 1 aliphatic heterocycles. The first kappa shape index (κ1) is 11.0. The molecule has 0 fully saturated rings. The maximum absolute atomic E-state index is 12.3. The van der Waals surface area contributed by atoms with Crippen molar-refractivity contribution in [3.63, 3.8) is 0 Å². The van der Waals surface area contributed by atoms with Crippen LogP contribution < -0.4 is 5.32 Å². The topological polar surface area (TPSA) is 42.0 Å². The van der Waals surface area contributed by atoms with Crippen LogP contribution in [0.5, 0.6) is 0 Å². The van der Waals surface area contributed by atoms with Crippen molar-refractivity contribution >= 4 is 11.5 Å². The third kappa shape index (κ3) is 1.88. The molecule has 3 nitrogen and oxygen atoms in total. The highest BCUT2D eigenvalue weighted by atomic mass is 16.1. The lowest BCUT2D eigenvalue weighted by atomic mass is 10.0. The summed E-state index contributed by atoms with van der Waals surface area (Å²) in [5.41, 5.74) is 3.87. The number of ketones is 1. The number of benzene rings is 1. The third-order valence-corrected chi connectivity index (χ3v) is 3.28. The monoisotopic (exact) mass is 238 g/mol. The Morgan fingerprint density at radius 1 is 1.28 bits per heavy atom. The second-order valence-corrected chi connectivity index (χ2v) is 4.61. The highest BCUT2D eigenvalue weighted by molar-refractivity contribution is 6.02. The first-order valence-electron chi connectivity index (χ1n) is 6.05. The number of aryl methyl sites for hydroxylation is 1. The van der Waals surface area contributed by atoms with Crippen molar-refractivity contribution in [3.8, 4) is 0 Å². The zero-order chi connectivity index (χ0) is 12.5. The molecule has 90 valence electrons. The molecule has 1 N–H and O–H groups in total. The van der Waals surface area contributed by atoms with Gasteiger partial charge in [-0.15, -0.1) is 0 Å². The zero-order valence-electron chi connectivity index (χ0n) is 10.2. The predicted molar refractivity (Wildman–Crippen MR) is 70.9 cm³/mol. The number of hydrogen-bond acceptors (Lipinski definition) is 3. The number of fused-ring (bicyclic) bond motifs is 1. The van der Waals surface area contributed by atoms with Gasteiger partial charge in [-0.1, -0.05) is 18.2 Å². The normalized spacial score (nSPS) is 17.1. The van der Waals surface area contributed by atoms with Crippen molar-refractivity contribution in [3.05, 3.63) is 59.4 Å². The minimum absolute atomic E-state index is 0.110. The number of nitrogens with zero attached hydrogens (tertiary/aromatic N) is 1.